The fourth-order valence-corrected chi connectivity index (χ4v) is 5.02. The summed E-state index contributed by atoms with van der Waals surface area (Å²) < 4.78 is 34.3. The van der Waals surface area contributed by atoms with E-state index in [4.69, 9.17) is 4.74 Å². The number of hydrogen-bond acceptors (Lipinski definition) is 5. The average molecular weight is 417 g/mol. The maximum absolute atomic E-state index is 14.7. The normalized spacial score (nSPS) is 17.0. The van der Waals surface area contributed by atoms with Gasteiger partial charge in [-0.25, -0.2) is 18.4 Å². The number of aromatic nitrogens is 3. The van der Waals surface area contributed by atoms with Crippen molar-refractivity contribution in [2.75, 3.05) is 7.11 Å². The lowest BCUT2D eigenvalue weighted by atomic mass is 9.87. The van der Waals surface area contributed by atoms with E-state index in [9.17, 15) is 13.9 Å². The van der Waals surface area contributed by atoms with Crippen LogP contribution in [0.2, 0.25) is 0 Å². The summed E-state index contributed by atoms with van der Waals surface area (Å²) in [6.45, 7) is 0.0329. The van der Waals surface area contributed by atoms with Gasteiger partial charge in [0.2, 0.25) is 0 Å². The Labute approximate surface area is 171 Å². The van der Waals surface area contributed by atoms with Gasteiger partial charge in [0.05, 0.1) is 18.4 Å². The molecule has 1 aliphatic rings. The van der Waals surface area contributed by atoms with Crippen LogP contribution in [0.1, 0.15) is 24.0 Å². The third kappa shape index (κ3) is 3.86. The summed E-state index contributed by atoms with van der Waals surface area (Å²) in [5.41, 5.74) is -0.408. The molecule has 1 saturated carbocycles. The van der Waals surface area contributed by atoms with Gasteiger partial charge in [0, 0.05) is 17.4 Å². The monoisotopic (exact) mass is 417 g/mol. The molecule has 29 heavy (non-hydrogen) atoms. The second kappa shape index (κ2) is 7.76. The number of rotatable bonds is 8. The van der Waals surface area contributed by atoms with E-state index in [0.29, 0.717) is 5.75 Å². The number of benzene rings is 2. The molecule has 2 aromatic carbocycles. The molecule has 0 saturated heterocycles. The number of ether oxygens (including phenoxy) is 1. The molecule has 0 amide bonds. The molecule has 0 radical (unpaired) electrons. The standard InChI is InChI=1S/C21H21F2N3O2S/c1-28-17-5-2-15(3-6-17)11-29-20(8-9-20)21(27,12-26-14-24-13-25-26)18-7-4-16(22)10-19(18)23/h2-7,10,13-14,27H,8-9,11-12H2,1H3. The van der Waals surface area contributed by atoms with Gasteiger partial charge in [0.1, 0.15) is 35.6 Å². The van der Waals surface area contributed by atoms with Crippen molar-refractivity contribution in [3.05, 3.63) is 77.9 Å². The van der Waals surface area contributed by atoms with Gasteiger partial charge in [0.15, 0.2) is 0 Å². The number of hydrogen-bond donors (Lipinski definition) is 1. The van der Waals surface area contributed by atoms with Crippen molar-refractivity contribution in [1.82, 2.24) is 14.8 Å². The van der Waals surface area contributed by atoms with Crippen LogP contribution in [0, 0.1) is 11.6 Å². The zero-order valence-electron chi connectivity index (χ0n) is 15.9. The van der Waals surface area contributed by atoms with E-state index in [1.165, 1.54) is 29.5 Å². The largest absolute Gasteiger partial charge is 0.497 e. The van der Waals surface area contributed by atoms with Crippen molar-refractivity contribution in [3.8, 4) is 5.75 Å². The lowest BCUT2D eigenvalue weighted by Crippen LogP contribution is -2.44. The van der Waals surface area contributed by atoms with E-state index in [0.717, 1.165) is 30.2 Å². The predicted molar refractivity (Wildman–Crippen MR) is 107 cm³/mol. The summed E-state index contributed by atoms with van der Waals surface area (Å²) in [5.74, 6) is -0.0167. The highest BCUT2D eigenvalue weighted by atomic mass is 32.2. The van der Waals surface area contributed by atoms with Crippen molar-refractivity contribution in [3.63, 3.8) is 0 Å². The Kier molecular flexibility index (Phi) is 5.31. The maximum Gasteiger partial charge on any atom is 0.137 e. The van der Waals surface area contributed by atoms with Crippen LogP contribution in [0.3, 0.4) is 0 Å². The van der Waals surface area contributed by atoms with Crippen LogP contribution in [-0.4, -0.2) is 31.7 Å². The molecule has 0 aliphatic heterocycles. The Morgan fingerprint density at radius 3 is 2.55 bits per heavy atom. The van der Waals surface area contributed by atoms with Crippen LogP contribution in [0.5, 0.6) is 5.75 Å². The van der Waals surface area contributed by atoms with Gasteiger partial charge >= 0.3 is 0 Å². The first kappa shape index (κ1) is 19.8. The van der Waals surface area contributed by atoms with Crippen LogP contribution in [0.15, 0.2) is 55.1 Å². The summed E-state index contributed by atoms with van der Waals surface area (Å²) in [4.78, 5) is 3.92. The fraction of sp³-hybridized carbons (Fsp3) is 0.333. The van der Waals surface area contributed by atoms with E-state index in [1.807, 2.05) is 24.3 Å². The van der Waals surface area contributed by atoms with Crippen molar-refractivity contribution in [2.45, 2.75) is 35.5 Å². The number of nitrogens with zero attached hydrogens (tertiary/aromatic N) is 3. The molecular weight excluding hydrogens is 396 g/mol. The molecule has 8 heteroatoms. The summed E-state index contributed by atoms with van der Waals surface area (Å²) in [6.07, 6.45) is 4.29. The third-order valence-corrected chi connectivity index (χ3v) is 7.14. The van der Waals surface area contributed by atoms with Gasteiger partial charge in [-0.3, -0.25) is 0 Å². The first-order valence-corrected chi connectivity index (χ1v) is 10.2. The van der Waals surface area contributed by atoms with Crippen molar-refractivity contribution < 1.29 is 18.6 Å². The minimum absolute atomic E-state index is 0.0329. The molecule has 0 spiro atoms. The summed E-state index contributed by atoms with van der Waals surface area (Å²) in [7, 11) is 1.62. The second-order valence-corrected chi connectivity index (χ2v) is 8.57. The number of halogens is 2. The maximum atomic E-state index is 14.7. The molecule has 0 bridgehead atoms. The Balaban J connectivity index is 1.64. The molecule has 5 nitrogen and oxygen atoms in total. The minimum atomic E-state index is -1.56. The molecule has 1 heterocycles. The van der Waals surface area contributed by atoms with Crippen molar-refractivity contribution in [1.29, 1.82) is 0 Å². The van der Waals surface area contributed by atoms with Crippen LogP contribution >= 0.6 is 11.8 Å². The molecule has 4 rings (SSSR count). The topological polar surface area (TPSA) is 60.2 Å². The number of methoxy groups -OCH3 is 1. The fourth-order valence-electron chi connectivity index (χ4n) is 3.58. The quantitative estimate of drug-likeness (QED) is 0.602. The third-order valence-electron chi connectivity index (χ3n) is 5.37. The van der Waals surface area contributed by atoms with Crippen LogP contribution in [0.4, 0.5) is 8.78 Å². The van der Waals surface area contributed by atoms with Crippen LogP contribution < -0.4 is 4.74 Å². The summed E-state index contributed by atoms with van der Waals surface area (Å²) in [6, 6.07) is 11.0. The summed E-state index contributed by atoms with van der Waals surface area (Å²) in [5, 5.41) is 15.9. The number of thioether (sulfide) groups is 1. The Bertz CT molecular complexity index is 978. The van der Waals surface area contributed by atoms with E-state index >= 15 is 0 Å². The van der Waals surface area contributed by atoms with Crippen LogP contribution in [-0.2, 0) is 17.9 Å². The smallest absolute Gasteiger partial charge is 0.137 e. The molecule has 1 unspecified atom stereocenters. The summed E-state index contributed by atoms with van der Waals surface area (Å²) >= 11 is 1.58. The highest BCUT2D eigenvalue weighted by Crippen LogP contribution is 2.61. The lowest BCUT2D eigenvalue weighted by molar-refractivity contribution is 0.00157. The Morgan fingerprint density at radius 1 is 1.21 bits per heavy atom. The van der Waals surface area contributed by atoms with E-state index in [2.05, 4.69) is 10.1 Å². The Morgan fingerprint density at radius 2 is 1.97 bits per heavy atom. The molecule has 1 aromatic heterocycles. The van der Waals surface area contributed by atoms with Gasteiger partial charge in [-0.05, 0) is 36.6 Å². The van der Waals surface area contributed by atoms with Gasteiger partial charge < -0.3 is 9.84 Å². The molecule has 1 N–H and O–H groups in total. The average Bonchev–Trinajstić information content (AvgIpc) is 3.36. The Hall–Kier alpha value is -2.45. The predicted octanol–water partition coefficient (Wildman–Crippen LogP) is 3.92. The van der Waals surface area contributed by atoms with Gasteiger partial charge in [0.25, 0.3) is 0 Å². The van der Waals surface area contributed by atoms with E-state index < -0.39 is 22.0 Å². The SMILES string of the molecule is COc1ccc(CSC2(C(O)(Cn3cncn3)c3ccc(F)cc3F)CC2)cc1. The molecule has 1 fully saturated rings. The molecule has 3 aromatic rings. The highest BCUT2D eigenvalue weighted by Gasteiger charge is 2.61. The highest BCUT2D eigenvalue weighted by molar-refractivity contribution is 8.00. The zero-order valence-corrected chi connectivity index (χ0v) is 16.7. The molecule has 152 valence electrons. The van der Waals surface area contributed by atoms with Crippen LogP contribution in [0.25, 0.3) is 0 Å². The first-order valence-electron chi connectivity index (χ1n) is 9.23. The van der Waals surface area contributed by atoms with Gasteiger partial charge in [-0.15, -0.1) is 11.8 Å². The lowest BCUT2D eigenvalue weighted by Gasteiger charge is -2.37. The molecule has 1 aliphatic carbocycles. The minimum Gasteiger partial charge on any atom is -0.497 e. The van der Waals surface area contributed by atoms with Gasteiger partial charge in [-0.1, -0.05) is 18.2 Å². The van der Waals surface area contributed by atoms with E-state index in [1.54, 1.807) is 18.9 Å². The van der Waals surface area contributed by atoms with Gasteiger partial charge in [-0.2, -0.15) is 5.10 Å². The molecular formula is C21H21F2N3O2S. The van der Waals surface area contributed by atoms with Crippen molar-refractivity contribution in [2.24, 2.45) is 0 Å². The van der Waals surface area contributed by atoms with E-state index in [-0.39, 0.29) is 12.1 Å². The first-order chi connectivity index (χ1) is 14.0. The van der Waals surface area contributed by atoms with Crippen molar-refractivity contribution >= 4 is 11.8 Å². The zero-order chi connectivity index (χ0) is 20.5. The molecule has 1 atom stereocenters. The second-order valence-electron chi connectivity index (χ2n) is 7.21. The number of aliphatic hydroxyl groups is 1.